The first-order valence-electron chi connectivity index (χ1n) is 6.92. The van der Waals surface area contributed by atoms with Crippen molar-refractivity contribution in [3.63, 3.8) is 0 Å². The lowest BCUT2D eigenvalue weighted by atomic mass is 9.46. The molecule has 0 unspecified atom stereocenters. The number of hydrogen-bond acceptors (Lipinski definition) is 2. The Morgan fingerprint density at radius 1 is 1.29 bits per heavy atom. The number of aliphatic hydroxyl groups excluding tert-OH is 1. The van der Waals surface area contributed by atoms with Gasteiger partial charge in [-0.3, -0.25) is 0 Å². The van der Waals surface area contributed by atoms with E-state index in [0.717, 1.165) is 32.1 Å². The number of allylic oxidation sites excluding steroid dienone is 1. The van der Waals surface area contributed by atoms with Gasteiger partial charge in [-0.15, -0.1) is 0 Å². The summed E-state index contributed by atoms with van der Waals surface area (Å²) in [5, 5.41) is 20.2. The topological polar surface area (TPSA) is 40.5 Å². The van der Waals surface area contributed by atoms with Gasteiger partial charge in [0.1, 0.15) is 0 Å². The number of aliphatic hydroxyl groups is 2. The predicted octanol–water partition coefficient (Wildman–Crippen LogP) is 2.50. The van der Waals surface area contributed by atoms with E-state index in [1.807, 2.05) is 6.08 Å². The normalized spacial score (nSPS) is 56.9. The van der Waals surface area contributed by atoms with Crippen molar-refractivity contribution >= 4 is 0 Å². The highest BCUT2D eigenvalue weighted by Gasteiger charge is 2.59. The zero-order valence-corrected chi connectivity index (χ0v) is 10.9. The van der Waals surface area contributed by atoms with Crippen LogP contribution in [0.4, 0.5) is 0 Å². The smallest absolute Gasteiger partial charge is 0.0833 e. The van der Waals surface area contributed by atoms with Crippen molar-refractivity contribution < 1.29 is 10.2 Å². The molecule has 0 spiro atoms. The van der Waals surface area contributed by atoms with Crippen molar-refractivity contribution in [2.75, 3.05) is 6.61 Å². The van der Waals surface area contributed by atoms with Gasteiger partial charge in [0.15, 0.2) is 0 Å². The lowest BCUT2D eigenvalue weighted by molar-refractivity contribution is -0.123. The maximum absolute atomic E-state index is 10.6. The van der Waals surface area contributed by atoms with Crippen LogP contribution in [-0.2, 0) is 0 Å². The monoisotopic (exact) mass is 236 g/mol. The van der Waals surface area contributed by atoms with Crippen molar-refractivity contribution in [2.24, 2.45) is 22.7 Å². The summed E-state index contributed by atoms with van der Waals surface area (Å²) in [6.45, 7) is 4.85. The second-order valence-corrected chi connectivity index (χ2v) is 7.31. The molecule has 0 heterocycles. The molecule has 3 aliphatic rings. The van der Waals surface area contributed by atoms with Crippen molar-refractivity contribution in [2.45, 2.75) is 51.6 Å². The van der Waals surface area contributed by atoms with E-state index < -0.39 is 5.60 Å². The Bertz CT molecular complexity index is 364. The fraction of sp³-hybridized carbons (Fsp3) is 0.867. The minimum atomic E-state index is -0.569. The van der Waals surface area contributed by atoms with E-state index in [-0.39, 0.29) is 10.8 Å². The number of fused-ring (bicyclic) bond motifs is 4. The van der Waals surface area contributed by atoms with E-state index in [1.54, 1.807) is 0 Å². The minimum Gasteiger partial charge on any atom is -0.396 e. The molecule has 17 heavy (non-hydrogen) atoms. The summed E-state index contributed by atoms with van der Waals surface area (Å²) in [4.78, 5) is 0. The third kappa shape index (κ3) is 1.53. The molecule has 2 nitrogen and oxygen atoms in total. The summed E-state index contributed by atoms with van der Waals surface area (Å²) in [5.74, 6) is 1.30. The van der Waals surface area contributed by atoms with E-state index in [1.165, 1.54) is 0 Å². The van der Waals surface area contributed by atoms with Crippen LogP contribution in [0.1, 0.15) is 46.0 Å². The van der Waals surface area contributed by atoms with Crippen LogP contribution in [0, 0.1) is 22.7 Å². The van der Waals surface area contributed by atoms with E-state index >= 15 is 0 Å². The summed E-state index contributed by atoms with van der Waals surface area (Å²) >= 11 is 0. The Hall–Kier alpha value is -0.340. The van der Waals surface area contributed by atoms with Crippen LogP contribution in [-0.4, -0.2) is 22.4 Å². The van der Waals surface area contributed by atoms with Gasteiger partial charge in [0.05, 0.1) is 5.60 Å². The fourth-order valence-corrected chi connectivity index (χ4v) is 4.82. The second kappa shape index (κ2) is 3.36. The Balaban J connectivity index is 1.93. The van der Waals surface area contributed by atoms with Crippen molar-refractivity contribution in [3.8, 4) is 0 Å². The SMILES string of the molecule is C[C@@]1(CO)C[C@H]2[C@H]1CC[C@]1(O)C=CC[C@@]2(C)C1. The lowest BCUT2D eigenvalue weighted by Gasteiger charge is -2.59. The lowest BCUT2D eigenvalue weighted by Crippen LogP contribution is -2.54. The molecule has 0 aliphatic heterocycles. The highest BCUT2D eigenvalue weighted by molar-refractivity contribution is 5.18. The van der Waals surface area contributed by atoms with Crippen LogP contribution < -0.4 is 0 Å². The first kappa shape index (κ1) is 11.7. The fourth-order valence-electron chi connectivity index (χ4n) is 4.82. The van der Waals surface area contributed by atoms with Crippen molar-refractivity contribution in [1.29, 1.82) is 0 Å². The molecule has 0 radical (unpaired) electrons. The minimum absolute atomic E-state index is 0.113. The van der Waals surface area contributed by atoms with Crippen LogP contribution >= 0.6 is 0 Å². The van der Waals surface area contributed by atoms with Crippen LogP contribution in [0.25, 0.3) is 0 Å². The summed E-state index contributed by atoms with van der Waals surface area (Å²) in [6, 6.07) is 0. The Labute approximate surface area is 104 Å². The average Bonchev–Trinajstić information content (AvgIpc) is 2.30. The average molecular weight is 236 g/mol. The number of rotatable bonds is 1. The highest BCUT2D eigenvalue weighted by atomic mass is 16.3. The van der Waals surface area contributed by atoms with Gasteiger partial charge in [-0.1, -0.05) is 26.0 Å². The molecule has 2 bridgehead atoms. The second-order valence-electron chi connectivity index (χ2n) is 7.31. The van der Waals surface area contributed by atoms with Gasteiger partial charge in [0.2, 0.25) is 0 Å². The van der Waals surface area contributed by atoms with E-state index in [9.17, 15) is 10.2 Å². The molecule has 2 saturated carbocycles. The van der Waals surface area contributed by atoms with Crippen LogP contribution in [0.5, 0.6) is 0 Å². The van der Waals surface area contributed by atoms with Crippen molar-refractivity contribution in [3.05, 3.63) is 12.2 Å². The summed E-state index contributed by atoms with van der Waals surface area (Å²) in [7, 11) is 0. The van der Waals surface area contributed by atoms with Gasteiger partial charge < -0.3 is 10.2 Å². The summed E-state index contributed by atoms with van der Waals surface area (Å²) < 4.78 is 0. The third-order valence-electron chi connectivity index (χ3n) is 5.93. The molecule has 3 rings (SSSR count). The van der Waals surface area contributed by atoms with Gasteiger partial charge in [-0.05, 0) is 54.8 Å². The summed E-state index contributed by atoms with van der Waals surface area (Å²) in [5.41, 5.74) is -0.207. The van der Waals surface area contributed by atoms with Crippen LogP contribution in [0.15, 0.2) is 12.2 Å². The van der Waals surface area contributed by atoms with Crippen LogP contribution in [0.3, 0.4) is 0 Å². The quantitative estimate of drug-likeness (QED) is 0.687. The molecule has 96 valence electrons. The maximum Gasteiger partial charge on any atom is 0.0833 e. The van der Waals surface area contributed by atoms with Gasteiger partial charge in [0.25, 0.3) is 0 Å². The molecule has 0 amide bonds. The molecule has 2 heteroatoms. The number of hydrogen-bond donors (Lipinski definition) is 2. The van der Waals surface area contributed by atoms with Crippen LogP contribution in [0.2, 0.25) is 0 Å². The molecule has 2 fully saturated rings. The molecule has 0 aromatic heterocycles. The predicted molar refractivity (Wildman–Crippen MR) is 67.5 cm³/mol. The van der Waals surface area contributed by atoms with Gasteiger partial charge in [-0.2, -0.15) is 0 Å². The van der Waals surface area contributed by atoms with E-state index in [2.05, 4.69) is 19.9 Å². The van der Waals surface area contributed by atoms with Gasteiger partial charge in [0, 0.05) is 6.61 Å². The van der Waals surface area contributed by atoms with Gasteiger partial charge in [-0.25, -0.2) is 0 Å². The Morgan fingerprint density at radius 3 is 2.76 bits per heavy atom. The molecule has 0 aromatic rings. The first-order valence-corrected chi connectivity index (χ1v) is 6.92. The molecule has 0 aromatic carbocycles. The maximum atomic E-state index is 10.6. The molecule has 3 aliphatic carbocycles. The molecular formula is C15H24O2. The zero-order valence-electron chi connectivity index (χ0n) is 10.9. The highest BCUT2D eigenvalue weighted by Crippen LogP contribution is 2.65. The molecule has 5 atom stereocenters. The molecular weight excluding hydrogens is 212 g/mol. The molecule has 2 N–H and O–H groups in total. The Morgan fingerprint density at radius 2 is 2.06 bits per heavy atom. The zero-order chi connectivity index (χ0) is 12.3. The third-order valence-corrected chi connectivity index (χ3v) is 5.93. The largest absolute Gasteiger partial charge is 0.396 e. The Kier molecular flexibility index (Phi) is 2.32. The summed E-state index contributed by atoms with van der Waals surface area (Å²) in [6.07, 6.45) is 9.29. The van der Waals surface area contributed by atoms with E-state index in [0.29, 0.717) is 18.4 Å². The first-order chi connectivity index (χ1) is 7.91. The van der Waals surface area contributed by atoms with Crippen molar-refractivity contribution in [1.82, 2.24) is 0 Å². The van der Waals surface area contributed by atoms with E-state index in [4.69, 9.17) is 0 Å². The van der Waals surface area contributed by atoms with Gasteiger partial charge >= 0.3 is 0 Å². The molecule has 0 saturated heterocycles. The standard InChI is InChI=1S/C15H24O2/c1-13-5-3-6-15(17,9-13)7-4-11-12(13)8-14(11,2)10-16/h3,6,11-12,16-17H,4-5,7-10H2,1-2H3/t11-,12+,13+,14+,15-/m1/s1.